The molecule has 2 N–H and O–H groups in total. The van der Waals surface area contributed by atoms with Gasteiger partial charge in [-0.05, 0) is 0 Å². The minimum absolute atomic E-state index is 0.0198. The number of nitrogens with one attached hydrogen (secondary N) is 2. The van der Waals surface area contributed by atoms with Gasteiger partial charge in [-0.15, -0.1) is 0 Å². The van der Waals surface area contributed by atoms with Gasteiger partial charge in [-0.2, -0.15) is 4.98 Å². The Morgan fingerprint density at radius 3 is 2.84 bits per heavy atom. The summed E-state index contributed by atoms with van der Waals surface area (Å²) in [7, 11) is 1.50. The van der Waals surface area contributed by atoms with Crippen LogP contribution in [0.3, 0.4) is 0 Å². The van der Waals surface area contributed by atoms with Gasteiger partial charge < -0.3 is 19.6 Å². The summed E-state index contributed by atoms with van der Waals surface area (Å²) in [5.41, 5.74) is 0.129. The van der Waals surface area contributed by atoms with Gasteiger partial charge in [0.05, 0.1) is 6.54 Å². The molecule has 9 heteroatoms. The summed E-state index contributed by atoms with van der Waals surface area (Å²) in [4.78, 5) is 35.0. The highest BCUT2D eigenvalue weighted by Crippen LogP contribution is 2.11. The summed E-state index contributed by atoms with van der Waals surface area (Å²) in [6.07, 6.45) is 1.24. The first kappa shape index (κ1) is 16.5. The third kappa shape index (κ3) is 3.96. The van der Waals surface area contributed by atoms with Gasteiger partial charge in [-0.3, -0.25) is 9.59 Å². The Bertz CT molecular complexity index is 920. The van der Waals surface area contributed by atoms with Gasteiger partial charge in [0.25, 0.3) is 17.4 Å². The number of benzene rings is 1. The van der Waals surface area contributed by atoms with Gasteiger partial charge in [0.2, 0.25) is 0 Å². The molecule has 0 atom stereocenters. The highest BCUT2D eigenvalue weighted by Gasteiger charge is 2.14. The summed E-state index contributed by atoms with van der Waals surface area (Å²) in [6.45, 7) is 0.206. The predicted molar refractivity (Wildman–Crippen MR) is 86.5 cm³/mol. The fourth-order valence-corrected chi connectivity index (χ4v) is 2.10. The molecule has 2 aromatic heterocycles. The summed E-state index contributed by atoms with van der Waals surface area (Å²) in [6, 6.07) is 9.15. The Morgan fingerprint density at radius 1 is 1.32 bits per heavy atom. The van der Waals surface area contributed by atoms with Crippen LogP contribution in [0.25, 0.3) is 11.4 Å². The molecule has 0 radical (unpaired) electrons. The molecule has 2 heterocycles. The molecular formula is C16H15N5O4. The summed E-state index contributed by atoms with van der Waals surface area (Å²) in [5.74, 6) is 0.403. The number of aromatic amines is 1. The van der Waals surface area contributed by atoms with E-state index in [0.29, 0.717) is 11.7 Å². The first-order valence-electron chi connectivity index (χ1n) is 7.40. The molecule has 1 amide bonds. The standard InChI is InChI=1S/C16H15N5O4/c1-24-9-13-19-12(21-25-13)8-18-15(22)11-7-17-14(20-16(11)23)10-5-3-2-4-6-10/h2-7H,8-9H2,1H3,(H,18,22)(H,17,20,23). The van der Waals surface area contributed by atoms with Gasteiger partial charge in [0.15, 0.2) is 5.82 Å². The second-order valence-corrected chi connectivity index (χ2v) is 5.06. The quantitative estimate of drug-likeness (QED) is 0.682. The Kier molecular flexibility index (Phi) is 4.95. The van der Waals surface area contributed by atoms with E-state index in [4.69, 9.17) is 9.26 Å². The van der Waals surface area contributed by atoms with E-state index in [1.807, 2.05) is 30.3 Å². The van der Waals surface area contributed by atoms with Crippen LogP contribution < -0.4 is 10.9 Å². The first-order chi connectivity index (χ1) is 12.2. The zero-order valence-electron chi connectivity index (χ0n) is 13.4. The maximum absolute atomic E-state index is 12.1. The highest BCUT2D eigenvalue weighted by atomic mass is 16.5. The Balaban J connectivity index is 1.68. The zero-order valence-corrected chi connectivity index (χ0v) is 13.4. The van der Waals surface area contributed by atoms with Crippen molar-refractivity contribution in [3.05, 3.63) is 64.2 Å². The second-order valence-electron chi connectivity index (χ2n) is 5.06. The number of methoxy groups -OCH3 is 1. The highest BCUT2D eigenvalue weighted by molar-refractivity contribution is 5.93. The Hall–Kier alpha value is -3.33. The van der Waals surface area contributed by atoms with E-state index in [0.717, 1.165) is 5.56 Å². The van der Waals surface area contributed by atoms with Crippen molar-refractivity contribution in [3.8, 4) is 11.4 Å². The van der Waals surface area contributed by atoms with Crippen LogP contribution in [-0.2, 0) is 17.9 Å². The van der Waals surface area contributed by atoms with Gasteiger partial charge in [-0.25, -0.2) is 4.98 Å². The number of amides is 1. The van der Waals surface area contributed by atoms with E-state index in [-0.39, 0.29) is 24.5 Å². The number of H-pyrrole nitrogens is 1. The lowest BCUT2D eigenvalue weighted by atomic mass is 10.2. The van der Waals surface area contributed by atoms with E-state index < -0.39 is 11.5 Å². The van der Waals surface area contributed by atoms with Crippen LogP contribution in [0.5, 0.6) is 0 Å². The summed E-state index contributed by atoms with van der Waals surface area (Å²) in [5, 5.41) is 6.24. The average molecular weight is 341 g/mol. The van der Waals surface area contributed by atoms with E-state index in [9.17, 15) is 9.59 Å². The maximum atomic E-state index is 12.1. The fraction of sp³-hybridized carbons (Fsp3) is 0.188. The van der Waals surface area contributed by atoms with Crippen LogP contribution in [0, 0.1) is 0 Å². The van der Waals surface area contributed by atoms with Crippen molar-refractivity contribution in [2.24, 2.45) is 0 Å². The molecular weight excluding hydrogens is 326 g/mol. The lowest BCUT2D eigenvalue weighted by molar-refractivity contribution is 0.0947. The van der Waals surface area contributed by atoms with Crippen molar-refractivity contribution < 1.29 is 14.1 Å². The van der Waals surface area contributed by atoms with Crippen molar-refractivity contribution >= 4 is 5.91 Å². The topological polar surface area (TPSA) is 123 Å². The molecule has 1 aromatic carbocycles. The van der Waals surface area contributed by atoms with Crippen molar-refractivity contribution in [2.75, 3.05) is 7.11 Å². The van der Waals surface area contributed by atoms with Crippen molar-refractivity contribution in [3.63, 3.8) is 0 Å². The average Bonchev–Trinajstić information content (AvgIpc) is 3.08. The minimum atomic E-state index is -0.577. The molecule has 9 nitrogen and oxygen atoms in total. The molecule has 25 heavy (non-hydrogen) atoms. The van der Waals surface area contributed by atoms with Crippen molar-refractivity contribution in [1.29, 1.82) is 0 Å². The zero-order chi connectivity index (χ0) is 17.6. The number of carbonyl (C=O) groups excluding carboxylic acids is 1. The number of hydrogen-bond donors (Lipinski definition) is 2. The monoisotopic (exact) mass is 341 g/mol. The molecule has 0 aliphatic heterocycles. The number of hydrogen-bond acceptors (Lipinski definition) is 7. The largest absolute Gasteiger partial charge is 0.375 e. The van der Waals surface area contributed by atoms with E-state index in [1.165, 1.54) is 13.3 Å². The van der Waals surface area contributed by atoms with Crippen LogP contribution >= 0.6 is 0 Å². The van der Waals surface area contributed by atoms with Crippen molar-refractivity contribution in [1.82, 2.24) is 25.4 Å². The molecule has 0 unspecified atom stereocenters. The number of aromatic nitrogens is 4. The van der Waals surface area contributed by atoms with E-state index >= 15 is 0 Å². The molecule has 0 aliphatic rings. The fourth-order valence-electron chi connectivity index (χ4n) is 2.10. The molecule has 0 fully saturated rings. The number of nitrogens with zero attached hydrogens (tertiary/aromatic N) is 3. The summed E-state index contributed by atoms with van der Waals surface area (Å²) < 4.78 is 9.78. The van der Waals surface area contributed by atoms with Gasteiger partial charge in [-0.1, -0.05) is 35.5 Å². The third-order valence-electron chi connectivity index (χ3n) is 3.28. The van der Waals surface area contributed by atoms with E-state index in [2.05, 4.69) is 25.4 Å². The molecule has 0 bridgehead atoms. The molecule has 0 saturated carbocycles. The smallest absolute Gasteiger partial charge is 0.264 e. The number of ether oxygens (including phenoxy) is 1. The van der Waals surface area contributed by atoms with Gasteiger partial charge in [0.1, 0.15) is 18.0 Å². The SMILES string of the molecule is COCc1nc(CNC(=O)c2cnc(-c3ccccc3)[nH]c2=O)no1. The predicted octanol–water partition coefficient (Wildman–Crippen LogP) is 0.896. The van der Waals surface area contributed by atoms with Gasteiger partial charge >= 0.3 is 0 Å². The lowest BCUT2D eigenvalue weighted by Crippen LogP contribution is -2.30. The van der Waals surface area contributed by atoms with Crippen LogP contribution in [0.2, 0.25) is 0 Å². The molecule has 3 rings (SSSR count). The third-order valence-corrected chi connectivity index (χ3v) is 3.28. The molecule has 0 aliphatic carbocycles. The minimum Gasteiger partial charge on any atom is -0.375 e. The normalized spacial score (nSPS) is 10.6. The van der Waals surface area contributed by atoms with Crippen LogP contribution in [0.15, 0.2) is 45.8 Å². The van der Waals surface area contributed by atoms with Gasteiger partial charge in [0, 0.05) is 18.9 Å². The van der Waals surface area contributed by atoms with Crippen LogP contribution in [-0.4, -0.2) is 33.1 Å². The van der Waals surface area contributed by atoms with Crippen LogP contribution in [0.4, 0.5) is 0 Å². The molecule has 0 saturated heterocycles. The Labute approximate surface area is 142 Å². The number of rotatable bonds is 6. The molecule has 128 valence electrons. The molecule has 3 aromatic rings. The maximum Gasteiger partial charge on any atom is 0.264 e. The second kappa shape index (κ2) is 7.49. The lowest BCUT2D eigenvalue weighted by Gasteiger charge is -2.04. The first-order valence-corrected chi connectivity index (χ1v) is 7.40. The summed E-state index contributed by atoms with van der Waals surface area (Å²) >= 11 is 0. The van der Waals surface area contributed by atoms with E-state index in [1.54, 1.807) is 0 Å². The van der Waals surface area contributed by atoms with Crippen molar-refractivity contribution in [2.45, 2.75) is 13.2 Å². The Morgan fingerprint density at radius 2 is 2.12 bits per heavy atom. The number of carbonyl (C=O) groups is 1. The molecule has 0 spiro atoms. The van der Waals surface area contributed by atoms with Crippen LogP contribution in [0.1, 0.15) is 22.1 Å².